The number of carbonyl (C=O) groups is 2. The molecule has 1 aliphatic heterocycles. The summed E-state index contributed by atoms with van der Waals surface area (Å²) < 4.78 is 35.6. The van der Waals surface area contributed by atoms with Crippen LogP contribution < -0.4 is 9.47 Å². The lowest BCUT2D eigenvalue weighted by Crippen LogP contribution is -2.26. The highest BCUT2D eigenvalue weighted by atomic mass is 19.3. The molecule has 1 fully saturated rings. The van der Waals surface area contributed by atoms with Crippen molar-refractivity contribution in [3.63, 3.8) is 0 Å². The van der Waals surface area contributed by atoms with E-state index in [1.165, 1.54) is 18.2 Å². The van der Waals surface area contributed by atoms with Crippen LogP contribution in [0.3, 0.4) is 0 Å². The van der Waals surface area contributed by atoms with Gasteiger partial charge in [0.15, 0.2) is 23.1 Å². The highest BCUT2D eigenvalue weighted by Gasteiger charge is 2.52. The summed E-state index contributed by atoms with van der Waals surface area (Å²) in [4.78, 5) is 33.5. The number of allylic oxidation sites excluding steroid dienone is 4. The zero-order valence-electron chi connectivity index (χ0n) is 16.7. The lowest BCUT2D eigenvalue weighted by Gasteiger charge is -2.15. The number of aromatic nitrogens is 2. The molecular weight excluding hydrogens is 406 g/mol. The Hall–Kier alpha value is -3.42. The number of ether oxygens (including phenoxy) is 2. The van der Waals surface area contributed by atoms with Crippen molar-refractivity contribution in [1.29, 1.82) is 0 Å². The number of Topliss-reactive ketones (excluding diaryl/α,β-unsaturated/α-hetero) is 1. The molecule has 0 amide bonds. The molecule has 2 aromatic rings. The number of nitrogens with zero attached hydrogens (tertiary/aromatic N) is 2. The Morgan fingerprint density at radius 2 is 1.94 bits per heavy atom. The Morgan fingerprint density at radius 1 is 1.16 bits per heavy atom. The van der Waals surface area contributed by atoms with Gasteiger partial charge in [0.2, 0.25) is 0 Å². The molecule has 0 radical (unpaired) electrons. The number of halogens is 2. The summed E-state index contributed by atoms with van der Waals surface area (Å²) in [7, 11) is 0. The third-order valence-corrected chi connectivity index (χ3v) is 5.82. The van der Waals surface area contributed by atoms with Crippen LogP contribution in [0.25, 0.3) is 5.57 Å². The van der Waals surface area contributed by atoms with Gasteiger partial charge in [-0.05, 0) is 60.8 Å². The highest BCUT2D eigenvalue weighted by molar-refractivity contribution is 5.98. The van der Waals surface area contributed by atoms with Crippen molar-refractivity contribution in [3.8, 4) is 11.5 Å². The van der Waals surface area contributed by atoms with E-state index in [0.29, 0.717) is 36.3 Å². The molecule has 0 N–H and O–H groups in total. The van der Waals surface area contributed by atoms with Crippen molar-refractivity contribution in [2.45, 2.75) is 44.3 Å². The molecule has 2 heterocycles. The number of fused-ring (bicyclic) bond motifs is 1. The average Bonchev–Trinajstić information content (AvgIpc) is 3.47. The van der Waals surface area contributed by atoms with E-state index in [2.05, 4.69) is 19.4 Å². The molecule has 6 nitrogen and oxygen atoms in total. The minimum Gasteiger partial charge on any atom is -0.395 e. The third-order valence-electron chi connectivity index (χ3n) is 5.82. The molecule has 0 atom stereocenters. The SMILES string of the molecule is Cc1cnc(CC(=O)C2(c3ccc4c(c3)OC(F)(F)O4)CC2)nc1C1=CCC(=O)C=C1. The van der Waals surface area contributed by atoms with E-state index in [1.54, 1.807) is 18.3 Å². The van der Waals surface area contributed by atoms with E-state index >= 15 is 0 Å². The van der Waals surface area contributed by atoms with Crippen LogP contribution in [0.5, 0.6) is 11.5 Å². The van der Waals surface area contributed by atoms with Gasteiger partial charge >= 0.3 is 6.29 Å². The van der Waals surface area contributed by atoms with E-state index in [1.807, 2.05) is 13.0 Å². The summed E-state index contributed by atoms with van der Waals surface area (Å²) in [5.41, 5.74) is 2.24. The Morgan fingerprint density at radius 3 is 2.65 bits per heavy atom. The zero-order chi connectivity index (χ0) is 21.8. The maximum atomic E-state index is 13.3. The number of alkyl halides is 2. The van der Waals surface area contributed by atoms with Crippen molar-refractivity contribution in [3.05, 3.63) is 65.3 Å². The maximum absolute atomic E-state index is 13.3. The molecule has 0 saturated heterocycles. The van der Waals surface area contributed by atoms with E-state index in [0.717, 1.165) is 11.1 Å². The lowest BCUT2D eigenvalue weighted by molar-refractivity contribution is -0.286. The topological polar surface area (TPSA) is 78.4 Å². The predicted octanol–water partition coefficient (Wildman–Crippen LogP) is 3.86. The van der Waals surface area contributed by atoms with Crippen LogP contribution in [-0.4, -0.2) is 27.8 Å². The number of benzene rings is 1. The number of hydrogen-bond acceptors (Lipinski definition) is 6. The molecule has 1 aromatic heterocycles. The fraction of sp³-hybridized carbons (Fsp3) is 0.304. The minimum atomic E-state index is -3.69. The molecule has 3 aliphatic rings. The molecule has 8 heteroatoms. The Labute approximate surface area is 176 Å². The van der Waals surface area contributed by atoms with Crippen molar-refractivity contribution < 1.29 is 27.8 Å². The van der Waals surface area contributed by atoms with E-state index in [4.69, 9.17) is 0 Å². The lowest BCUT2D eigenvalue weighted by atomic mass is 9.89. The Bertz CT molecular complexity index is 1180. The average molecular weight is 424 g/mol. The largest absolute Gasteiger partial charge is 0.586 e. The standard InChI is InChI=1S/C23H18F2N2O4/c1-13-12-26-20(27-21(13)14-2-5-16(28)6-3-14)11-19(29)22(8-9-22)15-4-7-17-18(10-15)31-23(24,25)30-17/h2-5,7,10,12H,6,8-9,11H2,1H3. The molecule has 5 rings (SSSR count). The first-order valence-electron chi connectivity index (χ1n) is 9.93. The van der Waals surface area contributed by atoms with E-state index in [-0.39, 0.29) is 29.5 Å². The van der Waals surface area contributed by atoms with Crippen LogP contribution in [0.15, 0.2) is 42.6 Å². The summed E-state index contributed by atoms with van der Waals surface area (Å²) in [6.45, 7) is 1.87. The number of carbonyl (C=O) groups excluding carboxylic acids is 2. The Balaban J connectivity index is 1.38. The first-order valence-corrected chi connectivity index (χ1v) is 9.93. The molecular formula is C23H18F2N2O4. The summed E-state index contributed by atoms with van der Waals surface area (Å²) in [5, 5.41) is 0. The van der Waals surface area contributed by atoms with Crippen LogP contribution in [0.1, 0.15) is 41.9 Å². The van der Waals surface area contributed by atoms with Gasteiger partial charge in [-0.15, -0.1) is 8.78 Å². The second-order valence-electron chi connectivity index (χ2n) is 7.99. The monoisotopic (exact) mass is 424 g/mol. The smallest absolute Gasteiger partial charge is 0.395 e. The summed E-state index contributed by atoms with van der Waals surface area (Å²) in [6.07, 6.45) is 4.60. The van der Waals surface area contributed by atoms with Gasteiger partial charge in [0.05, 0.1) is 17.5 Å². The minimum absolute atomic E-state index is 0.0216. The third kappa shape index (κ3) is 3.52. The van der Waals surface area contributed by atoms with Crippen LogP contribution >= 0.6 is 0 Å². The summed E-state index contributed by atoms with van der Waals surface area (Å²) in [5.74, 6) is 0.228. The number of rotatable bonds is 5. The second-order valence-corrected chi connectivity index (χ2v) is 7.99. The molecule has 0 spiro atoms. The maximum Gasteiger partial charge on any atom is 0.586 e. The van der Waals surface area contributed by atoms with Crippen molar-refractivity contribution in [1.82, 2.24) is 9.97 Å². The normalized spacial score (nSPS) is 19.8. The molecule has 1 saturated carbocycles. The van der Waals surface area contributed by atoms with Gasteiger partial charge in [0, 0.05) is 12.6 Å². The van der Waals surface area contributed by atoms with Crippen LogP contribution in [0.2, 0.25) is 0 Å². The molecule has 1 aromatic carbocycles. The molecule has 2 aliphatic carbocycles. The first-order chi connectivity index (χ1) is 14.8. The van der Waals surface area contributed by atoms with Crippen molar-refractivity contribution in [2.75, 3.05) is 0 Å². The first kappa shape index (κ1) is 19.5. The van der Waals surface area contributed by atoms with Gasteiger partial charge < -0.3 is 9.47 Å². The van der Waals surface area contributed by atoms with Gasteiger partial charge in [-0.3, -0.25) is 9.59 Å². The van der Waals surface area contributed by atoms with Crippen LogP contribution in [0, 0.1) is 6.92 Å². The molecule has 0 unspecified atom stereocenters. The Kier molecular flexibility index (Phi) is 4.28. The summed E-state index contributed by atoms with van der Waals surface area (Å²) >= 11 is 0. The quantitative estimate of drug-likeness (QED) is 0.725. The van der Waals surface area contributed by atoms with Crippen molar-refractivity contribution >= 4 is 17.1 Å². The fourth-order valence-electron chi connectivity index (χ4n) is 3.97. The fourth-order valence-corrected chi connectivity index (χ4v) is 3.97. The number of hydrogen-bond donors (Lipinski definition) is 0. The molecule has 158 valence electrons. The highest BCUT2D eigenvalue weighted by Crippen LogP contribution is 2.52. The zero-order valence-corrected chi connectivity index (χ0v) is 16.7. The van der Waals surface area contributed by atoms with Crippen molar-refractivity contribution in [2.24, 2.45) is 0 Å². The summed E-state index contributed by atoms with van der Waals surface area (Å²) in [6, 6.07) is 4.49. The van der Waals surface area contributed by atoms with E-state index < -0.39 is 11.7 Å². The van der Waals surface area contributed by atoms with Gasteiger partial charge in [-0.2, -0.15) is 0 Å². The van der Waals surface area contributed by atoms with Crippen LogP contribution in [0.4, 0.5) is 8.78 Å². The van der Waals surface area contributed by atoms with Crippen LogP contribution in [-0.2, 0) is 21.4 Å². The van der Waals surface area contributed by atoms with Gasteiger partial charge in [0.25, 0.3) is 0 Å². The van der Waals surface area contributed by atoms with Gasteiger partial charge in [-0.25, -0.2) is 9.97 Å². The number of aryl methyl sites for hydroxylation is 1. The molecule has 31 heavy (non-hydrogen) atoms. The molecule has 0 bridgehead atoms. The van der Waals surface area contributed by atoms with Gasteiger partial charge in [-0.1, -0.05) is 12.1 Å². The second kappa shape index (κ2) is 6.80. The number of ketones is 2. The van der Waals surface area contributed by atoms with E-state index in [9.17, 15) is 18.4 Å². The predicted molar refractivity (Wildman–Crippen MR) is 106 cm³/mol. The van der Waals surface area contributed by atoms with Gasteiger partial charge in [0.1, 0.15) is 5.82 Å².